The number of nitrogens with one attached hydrogen (secondary N) is 1. The van der Waals surface area contributed by atoms with Crippen molar-refractivity contribution in [2.24, 2.45) is 22.1 Å². The van der Waals surface area contributed by atoms with Gasteiger partial charge in [-0.15, -0.1) is 11.3 Å². The Labute approximate surface area is 210 Å². The van der Waals surface area contributed by atoms with Crippen molar-refractivity contribution in [2.75, 3.05) is 26.2 Å². The van der Waals surface area contributed by atoms with Gasteiger partial charge in [0.15, 0.2) is 0 Å². The fourth-order valence-electron chi connectivity index (χ4n) is 4.12. The van der Waals surface area contributed by atoms with Crippen LogP contribution >= 0.6 is 11.3 Å². The highest BCUT2D eigenvalue weighted by molar-refractivity contribution is 7.19. The highest BCUT2D eigenvalue weighted by atomic mass is 32.1. The lowest BCUT2D eigenvalue weighted by molar-refractivity contribution is -0.141. The van der Waals surface area contributed by atoms with Crippen LogP contribution in [0.4, 0.5) is 13.2 Å². The van der Waals surface area contributed by atoms with Crippen LogP contribution in [-0.2, 0) is 20.9 Å². The summed E-state index contributed by atoms with van der Waals surface area (Å²) in [6, 6.07) is 3.32. The summed E-state index contributed by atoms with van der Waals surface area (Å²) in [4.78, 5) is 36.2. The molecular weight excluding hydrogens is 495 g/mol. The van der Waals surface area contributed by atoms with Crippen molar-refractivity contribution >= 4 is 39.1 Å². The van der Waals surface area contributed by atoms with E-state index in [1.54, 1.807) is 32.9 Å². The molecule has 36 heavy (non-hydrogen) atoms. The average Bonchev–Trinajstić information content (AvgIpc) is 3.31. The molecule has 0 aliphatic carbocycles. The molecule has 2 unspecified atom stereocenters. The van der Waals surface area contributed by atoms with E-state index in [0.29, 0.717) is 40.4 Å². The largest absolute Gasteiger partial charge is 0.430 e. The molecule has 0 radical (unpaired) electrons. The second-order valence-electron chi connectivity index (χ2n) is 9.48. The zero-order valence-electron chi connectivity index (χ0n) is 20.2. The average molecular weight is 524 g/mol. The first kappa shape index (κ1) is 26.2. The number of hydrogen-bond donors (Lipinski definition) is 2. The Morgan fingerprint density at radius 2 is 2.17 bits per heavy atom. The summed E-state index contributed by atoms with van der Waals surface area (Å²) in [5, 5.41) is 3.16. The molecule has 2 saturated heterocycles. The van der Waals surface area contributed by atoms with Crippen LogP contribution in [0, 0.1) is 11.3 Å². The van der Waals surface area contributed by atoms with Gasteiger partial charge in [-0.05, 0) is 18.2 Å². The first-order valence-electron chi connectivity index (χ1n) is 11.5. The van der Waals surface area contributed by atoms with E-state index in [1.807, 2.05) is 0 Å². The molecule has 2 fully saturated rings. The van der Waals surface area contributed by atoms with Crippen molar-refractivity contribution < 1.29 is 27.5 Å². The molecule has 2 amide bonds. The summed E-state index contributed by atoms with van der Waals surface area (Å²) in [6.07, 6.45) is -2.68. The quantitative estimate of drug-likeness (QED) is 0.445. The van der Waals surface area contributed by atoms with Gasteiger partial charge >= 0.3 is 6.18 Å². The number of aromatic nitrogens is 1. The van der Waals surface area contributed by atoms with Crippen molar-refractivity contribution in [1.29, 1.82) is 0 Å². The molecule has 8 nitrogen and oxygen atoms in total. The number of carbonyl (C=O) groups is 2. The van der Waals surface area contributed by atoms with Crippen LogP contribution in [0.15, 0.2) is 35.1 Å². The van der Waals surface area contributed by atoms with Gasteiger partial charge in [-0.3, -0.25) is 24.5 Å². The lowest BCUT2D eigenvalue weighted by Gasteiger charge is -2.22. The SMILES string of the molecule is CC1C(=O)N(Cc2cc3nccc(C(C=C(N)C(F)(F)F)=NCC4CNCCO4)c3s2)C(=O)C1(C)C. The number of rotatable bonds is 6. The monoisotopic (exact) mass is 523 g/mol. The molecule has 0 aromatic carbocycles. The first-order chi connectivity index (χ1) is 16.9. The van der Waals surface area contributed by atoms with Gasteiger partial charge in [-0.1, -0.05) is 20.8 Å². The third kappa shape index (κ3) is 5.16. The van der Waals surface area contributed by atoms with E-state index in [9.17, 15) is 22.8 Å². The molecule has 0 bridgehead atoms. The predicted octanol–water partition coefficient (Wildman–Crippen LogP) is 3.01. The molecule has 194 valence electrons. The summed E-state index contributed by atoms with van der Waals surface area (Å²) in [6.45, 7) is 7.17. The number of thiophene rings is 1. The molecule has 4 heterocycles. The highest BCUT2D eigenvalue weighted by Gasteiger charge is 2.51. The molecule has 2 aromatic rings. The number of imide groups is 1. The fourth-order valence-corrected chi connectivity index (χ4v) is 5.25. The minimum atomic E-state index is -4.71. The maximum Gasteiger partial charge on any atom is 0.430 e. The Kier molecular flexibility index (Phi) is 7.22. The van der Waals surface area contributed by atoms with Gasteiger partial charge in [0.1, 0.15) is 5.70 Å². The van der Waals surface area contributed by atoms with E-state index in [0.717, 1.165) is 6.08 Å². The number of ether oxygens (including phenoxy) is 1. The lowest BCUT2D eigenvalue weighted by atomic mass is 9.82. The van der Waals surface area contributed by atoms with Gasteiger partial charge < -0.3 is 15.8 Å². The maximum atomic E-state index is 13.3. The smallest absolute Gasteiger partial charge is 0.395 e. The third-order valence-electron chi connectivity index (χ3n) is 6.66. The molecule has 2 atom stereocenters. The number of likely N-dealkylation sites (tertiary alicyclic amines) is 1. The van der Waals surface area contributed by atoms with E-state index in [1.165, 1.54) is 22.4 Å². The van der Waals surface area contributed by atoms with E-state index in [4.69, 9.17) is 10.5 Å². The zero-order valence-corrected chi connectivity index (χ0v) is 21.0. The minimum absolute atomic E-state index is 0.0582. The molecule has 4 rings (SSSR count). The number of halogens is 3. The van der Waals surface area contributed by atoms with Crippen LogP contribution < -0.4 is 11.1 Å². The molecule has 2 aliphatic heterocycles. The van der Waals surface area contributed by atoms with Gasteiger partial charge in [-0.25, -0.2) is 0 Å². The van der Waals surface area contributed by atoms with Gasteiger partial charge in [0, 0.05) is 35.6 Å². The molecule has 0 saturated carbocycles. The highest BCUT2D eigenvalue weighted by Crippen LogP contribution is 2.39. The summed E-state index contributed by atoms with van der Waals surface area (Å²) < 4.78 is 46.0. The molecular formula is C24H28F3N5O3S. The number of pyridine rings is 1. The van der Waals surface area contributed by atoms with E-state index < -0.39 is 23.2 Å². The summed E-state index contributed by atoms with van der Waals surface area (Å²) >= 11 is 1.26. The first-order valence-corrected chi connectivity index (χ1v) is 12.4. The van der Waals surface area contributed by atoms with E-state index in [2.05, 4.69) is 15.3 Å². The number of hydrogen-bond acceptors (Lipinski definition) is 8. The van der Waals surface area contributed by atoms with Gasteiger partial charge in [-0.2, -0.15) is 13.2 Å². The van der Waals surface area contributed by atoms with Crippen LogP contribution in [-0.4, -0.2) is 65.9 Å². The zero-order chi connectivity index (χ0) is 26.3. The second-order valence-corrected chi connectivity index (χ2v) is 10.6. The van der Waals surface area contributed by atoms with Crippen LogP contribution in [0.5, 0.6) is 0 Å². The fraction of sp³-hybridized carbons (Fsp3) is 0.500. The molecule has 2 aliphatic rings. The van der Waals surface area contributed by atoms with Crippen LogP contribution in [0.1, 0.15) is 31.2 Å². The minimum Gasteiger partial charge on any atom is -0.395 e. The number of morpholine rings is 1. The number of aliphatic imine (C=N–C) groups is 1. The number of allylic oxidation sites excluding steroid dienone is 2. The topological polar surface area (TPSA) is 110 Å². The van der Waals surface area contributed by atoms with Crippen LogP contribution in [0.2, 0.25) is 0 Å². The third-order valence-corrected chi connectivity index (χ3v) is 7.80. The second kappa shape index (κ2) is 9.91. The maximum absolute atomic E-state index is 13.3. The Bertz CT molecular complexity index is 1230. The molecule has 2 aromatic heterocycles. The number of nitrogens with zero attached hydrogens (tertiary/aromatic N) is 3. The van der Waals surface area contributed by atoms with Crippen LogP contribution in [0.3, 0.4) is 0 Å². The van der Waals surface area contributed by atoms with E-state index >= 15 is 0 Å². The number of alkyl halides is 3. The molecule has 3 N–H and O–H groups in total. The summed E-state index contributed by atoms with van der Waals surface area (Å²) in [5.41, 5.74) is 4.29. The van der Waals surface area contributed by atoms with Gasteiger partial charge in [0.05, 0.1) is 47.1 Å². The Morgan fingerprint density at radius 3 is 2.78 bits per heavy atom. The number of nitrogens with two attached hydrogens (primary N) is 1. The molecule has 12 heteroatoms. The van der Waals surface area contributed by atoms with Gasteiger partial charge in [0.2, 0.25) is 11.8 Å². The molecule has 0 spiro atoms. The van der Waals surface area contributed by atoms with Gasteiger partial charge in [0.25, 0.3) is 0 Å². The predicted molar refractivity (Wildman–Crippen MR) is 130 cm³/mol. The van der Waals surface area contributed by atoms with Crippen molar-refractivity contribution in [2.45, 2.75) is 39.6 Å². The summed E-state index contributed by atoms with van der Waals surface area (Å²) in [5.74, 6) is -0.950. The van der Waals surface area contributed by atoms with Crippen molar-refractivity contribution in [3.8, 4) is 0 Å². The van der Waals surface area contributed by atoms with Crippen molar-refractivity contribution in [1.82, 2.24) is 15.2 Å². The number of amides is 2. The van der Waals surface area contributed by atoms with Crippen molar-refractivity contribution in [3.63, 3.8) is 0 Å². The van der Waals surface area contributed by atoms with E-state index in [-0.39, 0.29) is 36.7 Å². The Hall–Kier alpha value is -2.83. The summed E-state index contributed by atoms with van der Waals surface area (Å²) in [7, 11) is 0. The Balaban J connectivity index is 1.70. The van der Waals surface area contributed by atoms with Crippen molar-refractivity contribution in [3.05, 3.63) is 40.5 Å². The van der Waals surface area contributed by atoms with Crippen LogP contribution in [0.25, 0.3) is 10.2 Å². The normalized spacial score (nSPS) is 23.7. The number of fused-ring (bicyclic) bond motifs is 1. The Morgan fingerprint density at radius 1 is 1.42 bits per heavy atom. The number of carbonyl (C=O) groups excluding carboxylic acids is 2. The standard InChI is InChI=1S/C24H28F3N5O3S/c1-13-21(33)32(22(34)23(13,2)3)12-15-8-18-20(36-15)16(4-5-30-18)17(9-19(28)24(25,26)27)31-11-14-10-29-6-7-35-14/h4-5,8-9,13-14,29H,6-7,10-12,28H2,1-3H3. The lowest BCUT2D eigenvalue weighted by Crippen LogP contribution is -2.40.